The van der Waals surface area contributed by atoms with Crippen molar-refractivity contribution in [1.82, 2.24) is 4.98 Å². The van der Waals surface area contributed by atoms with E-state index < -0.39 is 15.1 Å². The van der Waals surface area contributed by atoms with Gasteiger partial charge in [-0.3, -0.25) is 0 Å². The normalized spacial score (nSPS) is 15.0. The van der Waals surface area contributed by atoms with E-state index in [1.807, 2.05) is 23.6 Å². The van der Waals surface area contributed by atoms with E-state index in [-0.39, 0.29) is 14.9 Å². The first-order valence-corrected chi connectivity index (χ1v) is 13.6. The third-order valence-corrected chi connectivity index (χ3v) is 9.96. The van der Waals surface area contributed by atoms with Crippen LogP contribution in [0.2, 0.25) is 10.0 Å². The molecular formula is C23H24Cl2N2O4S2. The number of halogens is 2. The molecule has 1 aromatic heterocycles. The number of ether oxygens (including phenoxy) is 2. The van der Waals surface area contributed by atoms with Crippen LogP contribution in [0.15, 0.2) is 46.7 Å². The first-order valence-electron chi connectivity index (χ1n) is 10.4. The summed E-state index contributed by atoms with van der Waals surface area (Å²) >= 11 is 13.8. The molecule has 0 atom stereocenters. The third kappa shape index (κ3) is 5.09. The summed E-state index contributed by atoms with van der Waals surface area (Å²) in [6.07, 6.45) is 1.63. The zero-order chi connectivity index (χ0) is 23.6. The minimum atomic E-state index is -3.56. The first kappa shape index (κ1) is 24.1. The van der Waals surface area contributed by atoms with Crippen molar-refractivity contribution in [3.8, 4) is 11.5 Å². The van der Waals surface area contributed by atoms with Crippen LogP contribution in [-0.4, -0.2) is 46.0 Å². The molecule has 1 aliphatic heterocycles. The van der Waals surface area contributed by atoms with Gasteiger partial charge in [-0.2, -0.15) is 0 Å². The summed E-state index contributed by atoms with van der Waals surface area (Å²) in [6.45, 7) is 1.22. The van der Waals surface area contributed by atoms with Crippen molar-refractivity contribution < 1.29 is 17.9 Å². The minimum Gasteiger partial charge on any atom is -0.497 e. The van der Waals surface area contributed by atoms with Crippen LogP contribution < -0.4 is 14.4 Å². The molecule has 0 amide bonds. The highest BCUT2D eigenvalue weighted by molar-refractivity contribution is 7.92. The smallest absolute Gasteiger partial charge is 0.185 e. The van der Waals surface area contributed by atoms with Crippen LogP contribution in [-0.2, 0) is 16.3 Å². The number of aromatic nitrogens is 1. The van der Waals surface area contributed by atoms with Gasteiger partial charge >= 0.3 is 0 Å². The molecule has 2 aromatic carbocycles. The molecule has 4 rings (SSSR count). The lowest BCUT2D eigenvalue weighted by atomic mass is 10.1. The van der Waals surface area contributed by atoms with Crippen molar-refractivity contribution in [3.05, 3.63) is 63.1 Å². The second kappa shape index (κ2) is 10.1. The topological polar surface area (TPSA) is 68.7 Å². The van der Waals surface area contributed by atoms with Crippen molar-refractivity contribution >= 4 is 49.5 Å². The molecule has 33 heavy (non-hydrogen) atoms. The molecule has 0 bridgehead atoms. The fraction of sp³-hybridized carbons (Fsp3) is 0.348. The standard InChI is InChI=1S/C23H24Cl2N2O4S2/c1-30-17-6-7-20(31-2)15(13-17)12-16-14-32-23(26-16)27-10-8-18(9-11-27)33(28,29)21-5-3-4-19(24)22(21)25/h3-7,13-14,18H,8-12H2,1-2H3. The third-order valence-electron chi connectivity index (χ3n) is 5.77. The largest absolute Gasteiger partial charge is 0.497 e. The number of benzene rings is 2. The summed E-state index contributed by atoms with van der Waals surface area (Å²) in [5, 5.41) is 2.77. The highest BCUT2D eigenvalue weighted by Gasteiger charge is 2.33. The van der Waals surface area contributed by atoms with Gasteiger partial charge in [0.1, 0.15) is 11.5 Å². The van der Waals surface area contributed by atoms with Crippen LogP contribution in [0.25, 0.3) is 0 Å². The van der Waals surface area contributed by atoms with Gasteiger partial charge in [-0.1, -0.05) is 29.3 Å². The molecule has 0 N–H and O–H groups in total. The molecule has 0 aliphatic carbocycles. The second-order valence-corrected chi connectivity index (χ2v) is 11.6. The minimum absolute atomic E-state index is 0.0964. The Labute approximate surface area is 208 Å². The predicted molar refractivity (Wildman–Crippen MR) is 133 cm³/mol. The Morgan fingerprint density at radius 3 is 2.58 bits per heavy atom. The Morgan fingerprint density at radius 1 is 1.12 bits per heavy atom. The quantitative estimate of drug-likeness (QED) is 0.404. The van der Waals surface area contributed by atoms with Gasteiger partial charge in [0.15, 0.2) is 15.0 Å². The summed E-state index contributed by atoms with van der Waals surface area (Å²) in [7, 11) is -0.275. The van der Waals surface area contributed by atoms with Crippen LogP contribution in [0.4, 0.5) is 5.13 Å². The first-order chi connectivity index (χ1) is 15.8. The summed E-state index contributed by atoms with van der Waals surface area (Å²) in [5.74, 6) is 1.56. The van der Waals surface area contributed by atoms with Gasteiger partial charge in [-0.15, -0.1) is 11.3 Å². The molecular weight excluding hydrogens is 503 g/mol. The number of hydrogen-bond acceptors (Lipinski definition) is 7. The predicted octanol–water partition coefficient (Wildman–Crippen LogP) is 5.50. The number of nitrogens with zero attached hydrogens (tertiary/aromatic N) is 2. The molecule has 1 aliphatic rings. The van der Waals surface area contributed by atoms with E-state index in [0.29, 0.717) is 32.4 Å². The van der Waals surface area contributed by atoms with Crippen molar-refractivity contribution in [1.29, 1.82) is 0 Å². The molecule has 6 nitrogen and oxygen atoms in total. The molecule has 0 unspecified atom stereocenters. The van der Waals surface area contributed by atoms with Gasteiger partial charge in [0, 0.05) is 30.5 Å². The zero-order valence-electron chi connectivity index (χ0n) is 18.3. The van der Waals surface area contributed by atoms with Crippen LogP contribution >= 0.6 is 34.5 Å². The zero-order valence-corrected chi connectivity index (χ0v) is 21.4. The van der Waals surface area contributed by atoms with Gasteiger partial charge in [0.2, 0.25) is 0 Å². The summed E-state index contributed by atoms with van der Waals surface area (Å²) < 4.78 is 37.1. The Kier molecular flexibility index (Phi) is 7.38. The van der Waals surface area contributed by atoms with E-state index in [4.69, 9.17) is 37.7 Å². The number of sulfone groups is 1. The van der Waals surface area contributed by atoms with Gasteiger partial charge < -0.3 is 14.4 Å². The number of anilines is 1. The Morgan fingerprint density at radius 2 is 1.88 bits per heavy atom. The number of piperidine rings is 1. The molecule has 10 heteroatoms. The molecule has 3 aromatic rings. The van der Waals surface area contributed by atoms with Crippen molar-refractivity contribution in [2.75, 3.05) is 32.2 Å². The second-order valence-electron chi connectivity index (χ2n) is 7.76. The van der Waals surface area contributed by atoms with E-state index in [9.17, 15) is 8.42 Å². The summed E-state index contributed by atoms with van der Waals surface area (Å²) in [6, 6.07) is 10.4. The van der Waals surface area contributed by atoms with Crippen LogP contribution in [0.1, 0.15) is 24.1 Å². The highest BCUT2D eigenvalue weighted by Crippen LogP contribution is 2.35. The molecule has 176 valence electrons. The molecule has 0 saturated carbocycles. The molecule has 2 heterocycles. The van der Waals surface area contributed by atoms with Crippen LogP contribution in [0.3, 0.4) is 0 Å². The van der Waals surface area contributed by atoms with Crippen LogP contribution in [0.5, 0.6) is 11.5 Å². The van der Waals surface area contributed by atoms with Crippen molar-refractivity contribution in [2.24, 2.45) is 0 Å². The van der Waals surface area contributed by atoms with E-state index in [1.54, 1.807) is 37.7 Å². The van der Waals surface area contributed by atoms with E-state index in [1.165, 1.54) is 6.07 Å². The molecule has 1 fully saturated rings. The molecule has 1 saturated heterocycles. The van der Waals surface area contributed by atoms with Gasteiger partial charge in [-0.25, -0.2) is 13.4 Å². The monoisotopic (exact) mass is 526 g/mol. The van der Waals surface area contributed by atoms with Gasteiger partial charge in [0.25, 0.3) is 0 Å². The van der Waals surface area contributed by atoms with E-state index >= 15 is 0 Å². The SMILES string of the molecule is COc1ccc(OC)c(Cc2csc(N3CCC(S(=O)(=O)c4cccc(Cl)c4Cl)CC3)n2)c1. The fourth-order valence-corrected chi connectivity index (χ4v) is 7.36. The van der Waals surface area contributed by atoms with Crippen LogP contribution in [0, 0.1) is 0 Å². The molecule has 0 spiro atoms. The Balaban J connectivity index is 1.44. The van der Waals surface area contributed by atoms with E-state index in [0.717, 1.165) is 27.9 Å². The van der Waals surface area contributed by atoms with Gasteiger partial charge in [0.05, 0.1) is 40.1 Å². The number of thiazole rings is 1. The maximum absolute atomic E-state index is 13.1. The number of hydrogen-bond donors (Lipinski definition) is 0. The average Bonchev–Trinajstić information content (AvgIpc) is 3.29. The molecule has 0 radical (unpaired) electrons. The fourth-order valence-electron chi connectivity index (χ4n) is 3.98. The average molecular weight is 527 g/mol. The number of rotatable bonds is 7. The van der Waals surface area contributed by atoms with Crippen molar-refractivity contribution in [2.45, 2.75) is 29.4 Å². The maximum Gasteiger partial charge on any atom is 0.185 e. The number of methoxy groups -OCH3 is 2. The maximum atomic E-state index is 13.1. The summed E-state index contributed by atoms with van der Waals surface area (Å²) in [4.78, 5) is 7.04. The van der Waals surface area contributed by atoms with Gasteiger partial charge in [-0.05, 0) is 43.2 Å². The lowest BCUT2D eigenvalue weighted by Crippen LogP contribution is -2.39. The Hall–Kier alpha value is -2.00. The lowest BCUT2D eigenvalue weighted by Gasteiger charge is -2.31. The highest BCUT2D eigenvalue weighted by atomic mass is 35.5. The lowest BCUT2D eigenvalue weighted by molar-refractivity contribution is 0.399. The van der Waals surface area contributed by atoms with Crippen molar-refractivity contribution in [3.63, 3.8) is 0 Å². The van der Waals surface area contributed by atoms with E-state index in [2.05, 4.69) is 4.90 Å². The summed E-state index contributed by atoms with van der Waals surface area (Å²) in [5.41, 5.74) is 1.93. The Bertz CT molecular complexity index is 1240.